The van der Waals surface area contributed by atoms with Crippen molar-refractivity contribution in [2.45, 2.75) is 44.7 Å². The number of nitrogens with zero attached hydrogens (tertiary/aromatic N) is 7. The third-order valence-corrected chi connectivity index (χ3v) is 8.27. The summed E-state index contributed by atoms with van der Waals surface area (Å²) in [5.74, 6) is 0.206. The molecule has 10 heteroatoms. The zero-order valence-corrected chi connectivity index (χ0v) is 21.8. The number of benzene rings is 1. The second kappa shape index (κ2) is 10.7. The van der Waals surface area contributed by atoms with Gasteiger partial charge in [0, 0.05) is 50.5 Å². The molecule has 2 aromatic heterocycles. The van der Waals surface area contributed by atoms with Crippen molar-refractivity contribution in [3.05, 3.63) is 53.6 Å². The summed E-state index contributed by atoms with van der Waals surface area (Å²) >= 11 is 0. The number of likely N-dealkylation sites (tertiary alicyclic amines) is 1. The number of carbonyl (C=O) groups is 1. The van der Waals surface area contributed by atoms with E-state index in [4.69, 9.17) is 10.8 Å². The van der Waals surface area contributed by atoms with Gasteiger partial charge < -0.3 is 20.6 Å². The Bertz CT molecular complexity index is 1300. The number of rotatable bonds is 8. The lowest BCUT2D eigenvalue weighted by Crippen LogP contribution is -2.51. The summed E-state index contributed by atoms with van der Waals surface area (Å²) in [6.45, 7) is 6.77. The number of carboxylic acid groups (broad SMARTS) is 1. The van der Waals surface area contributed by atoms with Crippen LogP contribution in [0.4, 0.5) is 11.6 Å². The van der Waals surface area contributed by atoms with Crippen molar-refractivity contribution >= 4 is 17.6 Å². The van der Waals surface area contributed by atoms with Crippen molar-refractivity contribution in [3.63, 3.8) is 0 Å². The summed E-state index contributed by atoms with van der Waals surface area (Å²) < 4.78 is 1.39. The van der Waals surface area contributed by atoms with Crippen molar-refractivity contribution in [3.8, 4) is 11.1 Å². The number of hydrogen-bond donors (Lipinski definition) is 2. The molecule has 0 saturated carbocycles. The van der Waals surface area contributed by atoms with E-state index in [1.165, 1.54) is 67.3 Å². The fraction of sp³-hybridized carbons (Fsp3) is 0.500. The van der Waals surface area contributed by atoms with Crippen LogP contribution in [-0.4, -0.2) is 86.4 Å². The van der Waals surface area contributed by atoms with Gasteiger partial charge in [0.25, 0.3) is 0 Å². The fourth-order valence-electron chi connectivity index (χ4n) is 6.07. The number of nitrogens with two attached hydrogens (primary N) is 1. The Labute approximate surface area is 223 Å². The number of aryl methyl sites for hydroxylation is 2. The standard InChI is InChI=1S/C28H36N8O2/c29-27-26(23-15-32-36(16-23)18-25(37)38)28(31-19-30-27)35-12-10-34(11-13-35)24(17-33-8-3-9-33)22-7-6-20-4-1-2-5-21(20)14-22/h6-7,14-16,19,24H,1-5,8-13,17-18H2,(H,37,38)(H2,29,30,31). The highest BCUT2D eigenvalue weighted by Crippen LogP contribution is 2.35. The van der Waals surface area contributed by atoms with Crippen molar-refractivity contribution in [1.82, 2.24) is 29.5 Å². The van der Waals surface area contributed by atoms with Crippen LogP contribution >= 0.6 is 0 Å². The molecule has 0 radical (unpaired) electrons. The highest BCUT2D eigenvalue weighted by molar-refractivity contribution is 5.83. The van der Waals surface area contributed by atoms with Crippen molar-refractivity contribution in [2.75, 3.05) is 56.4 Å². The zero-order chi connectivity index (χ0) is 26.1. The fourth-order valence-corrected chi connectivity index (χ4v) is 6.07. The van der Waals surface area contributed by atoms with E-state index in [9.17, 15) is 4.79 Å². The lowest BCUT2D eigenvalue weighted by atomic mass is 9.88. The second-order valence-corrected chi connectivity index (χ2v) is 10.7. The average Bonchev–Trinajstić information content (AvgIpc) is 3.35. The first-order valence-electron chi connectivity index (χ1n) is 13.7. The minimum Gasteiger partial charge on any atom is -0.480 e. The van der Waals surface area contributed by atoms with E-state index in [1.54, 1.807) is 18.0 Å². The van der Waals surface area contributed by atoms with Crippen molar-refractivity contribution in [2.24, 2.45) is 0 Å². The van der Waals surface area contributed by atoms with Gasteiger partial charge >= 0.3 is 5.97 Å². The summed E-state index contributed by atoms with van der Waals surface area (Å²) in [5, 5.41) is 13.3. The van der Waals surface area contributed by atoms with E-state index in [2.05, 4.69) is 48.0 Å². The summed E-state index contributed by atoms with van der Waals surface area (Å²) in [7, 11) is 0. The van der Waals surface area contributed by atoms with Gasteiger partial charge in [0.2, 0.25) is 0 Å². The maximum Gasteiger partial charge on any atom is 0.325 e. The van der Waals surface area contributed by atoms with Gasteiger partial charge in [-0.25, -0.2) is 9.97 Å². The monoisotopic (exact) mass is 516 g/mol. The Morgan fingerprint density at radius 1 is 1.00 bits per heavy atom. The number of hydrogen-bond acceptors (Lipinski definition) is 8. The minimum atomic E-state index is -0.944. The van der Waals surface area contributed by atoms with Gasteiger partial charge in [0.15, 0.2) is 0 Å². The molecule has 38 heavy (non-hydrogen) atoms. The van der Waals surface area contributed by atoms with E-state index < -0.39 is 5.97 Å². The molecule has 0 amide bonds. The first kappa shape index (κ1) is 24.8. The van der Waals surface area contributed by atoms with E-state index in [1.807, 2.05) is 0 Å². The molecule has 1 atom stereocenters. The van der Waals surface area contributed by atoms with E-state index in [0.717, 1.165) is 44.1 Å². The Morgan fingerprint density at radius 2 is 1.79 bits per heavy atom. The number of nitrogen functional groups attached to an aromatic ring is 1. The molecule has 2 aliphatic heterocycles. The number of piperazine rings is 1. The smallest absolute Gasteiger partial charge is 0.325 e. The molecule has 1 aliphatic carbocycles. The normalized spacial score (nSPS) is 19.1. The topological polar surface area (TPSA) is 117 Å². The largest absolute Gasteiger partial charge is 0.480 e. The van der Waals surface area contributed by atoms with Crippen LogP contribution in [0.3, 0.4) is 0 Å². The van der Waals surface area contributed by atoms with Gasteiger partial charge in [-0.1, -0.05) is 18.2 Å². The molecule has 4 heterocycles. The highest BCUT2D eigenvalue weighted by atomic mass is 16.4. The molecule has 10 nitrogen and oxygen atoms in total. The minimum absolute atomic E-state index is 0.206. The lowest BCUT2D eigenvalue weighted by molar-refractivity contribution is -0.137. The summed E-state index contributed by atoms with van der Waals surface area (Å²) in [6, 6.07) is 7.63. The molecule has 3 N–H and O–H groups in total. The third-order valence-electron chi connectivity index (χ3n) is 8.27. The Kier molecular flexibility index (Phi) is 6.99. The molecule has 3 aliphatic rings. The molecule has 2 fully saturated rings. The van der Waals surface area contributed by atoms with Crippen LogP contribution in [-0.2, 0) is 24.2 Å². The predicted octanol–water partition coefficient (Wildman–Crippen LogP) is 2.45. The number of fused-ring (bicyclic) bond motifs is 1. The van der Waals surface area contributed by atoms with Gasteiger partial charge in [-0.15, -0.1) is 0 Å². The number of aliphatic carboxylic acids is 1. The SMILES string of the molecule is Nc1ncnc(N2CCN(C(CN3CCC3)c3ccc4c(c3)CCCC4)CC2)c1-c1cnn(CC(=O)O)c1. The number of carboxylic acids is 1. The van der Waals surface area contributed by atoms with E-state index in [0.29, 0.717) is 17.4 Å². The van der Waals surface area contributed by atoms with Crippen LogP contribution in [0, 0.1) is 0 Å². The predicted molar refractivity (Wildman–Crippen MR) is 146 cm³/mol. The number of aromatic nitrogens is 4. The number of anilines is 2. The quantitative estimate of drug-likeness (QED) is 0.466. The molecular formula is C28H36N8O2. The first-order chi connectivity index (χ1) is 18.5. The maximum absolute atomic E-state index is 11.1. The molecule has 0 bridgehead atoms. The van der Waals surface area contributed by atoms with Gasteiger partial charge in [-0.2, -0.15) is 5.10 Å². The molecule has 1 aromatic carbocycles. The van der Waals surface area contributed by atoms with Gasteiger partial charge in [-0.3, -0.25) is 14.4 Å². The maximum atomic E-state index is 11.1. The second-order valence-electron chi connectivity index (χ2n) is 10.7. The van der Waals surface area contributed by atoms with Crippen molar-refractivity contribution in [1.29, 1.82) is 0 Å². The Morgan fingerprint density at radius 3 is 2.53 bits per heavy atom. The van der Waals surface area contributed by atoms with Crippen LogP contribution in [0.25, 0.3) is 11.1 Å². The van der Waals surface area contributed by atoms with Crippen LogP contribution in [0.15, 0.2) is 36.9 Å². The molecule has 0 spiro atoms. The van der Waals surface area contributed by atoms with Crippen LogP contribution in [0.5, 0.6) is 0 Å². The summed E-state index contributed by atoms with van der Waals surface area (Å²) in [4.78, 5) is 27.4. The molecule has 2 saturated heterocycles. The van der Waals surface area contributed by atoms with Gasteiger partial charge in [-0.05, 0) is 61.9 Å². The molecule has 6 rings (SSSR count). The van der Waals surface area contributed by atoms with Crippen molar-refractivity contribution < 1.29 is 9.90 Å². The molecule has 3 aromatic rings. The van der Waals surface area contributed by atoms with E-state index >= 15 is 0 Å². The van der Waals surface area contributed by atoms with E-state index in [-0.39, 0.29) is 6.54 Å². The Balaban J connectivity index is 1.21. The summed E-state index contributed by atoms with van der Waals surface area (Å²) in [5.41, 5.74) is 12.3. The zero-order valence-electron chi connectivity index (χ0n) is 21.8. The lowest BCUT2D eigenvalue weighted by Gasteiger charge is -2.43. The molecule has 200 valence electrons. The third kappa shape index (κ3) is 5.10. The summed E-state index contributed by atoms with van der Waals surface area (Å²) in [6.07, 6.45) is 11.2. The molecule has 1 unspecified atom stereocenters. The van der Waals surface area contributed by atoms with Crippen LogP contribution in [0.2, 0.25) is 0 Å². The molecular weight excluding hydrogens is 480 g/mol. The average molecular weight is 517 g/mol. The van der Waals surface area contributed by atoms with Crippen LogP contribution < -0.4 is 10.6 Å². The van der Waals surface area contributed by atoms with Gasteiger partial charge in [0.05, 0.1) is 11.8 Å². The highest BCUT2D eigenvalue weighted by Gasteiger charge is 2.30. The van der Waals surface area contributed by atoms with Crippen LogP contribution in [0.1, 0.15) is 42.0 Å². The van der Waals surface area contributed by atoms with Gasteiger partial charge in [0.1, 0.15) is 24.5 Å². The Hall–Kier alpha value is -3.50. The first-order valence-corrected chi connectivity index (χ1v) is 13.7.